The lowest BCUT2D eigenvalue weighted by Gasteiger charge is -2.39. The standard InChI is InChI=1S/C24H23Br2N7O/c1-31-10-11-32(14-21(31)24(34)27-12-16-2-4-17(25)5-3-16)23-20-13-33(30-22(20)28-15-29-23)19-8-6-18(26)7-9-19/h2-9,13,15,21H,10-12,14H2,1H3,(H,27,34). The summed E-state index contributed by atoms with van der Waals surface area (Å²) in [6.07, 6.45) is 3.49. The molecule has 0 saturated carbocycles. The van der Waals surface area contributed by atoms with E-state index in [-0.39, 0.29) is 11.9 Å². The van der Waals surface area contributed by atoms with Crippen molar-refractivity contribution in [2.45, 2.75) is 12.6 Å². The van der Waals surface area contributed by atoms with Crippen molar-refractivity contribution >= 4 is 54.6 Å². The quantitative estimate of drug-likeness (QED) is 0.385. The van der Waals surface area contributed by atoms with Crippen molar-refractivity contribution in [1.29, 1.82) is 0 Å². The smallest absolute Gasteiger partial charge is 0.239 e. The molecule has 5 rings (SSSR count). The Morgan fingerprint density at radius 1 is 1.03 bits per heavy atom. The van der Waals surface area contributed by atoms with E-state index < -0.39 is 0 Å². The van der Waals surface area contributed by atoms with E-state index in [9.17, 15) is 4.79 Å². The van der Waals surface area contributed by atoms with Gasteiger partial charge in [0, 0.05) is 41.3 Å². The van der Waals surface area contributed by atoms with Gasteiger partial charge in [-0.15, -0.1) is 5.10 Å². The Bertz CT molecular complexity index is 1310. The molecular formula is C24H23Br2N7O. The molecular weight excluding hydrogens is 562 g/mol. The van der Waals surface area contributed by atoms with E-state index >= 15 is 0 Å². The van der Waals surface area contributed by atoms with Crippen molar-refractivity contribution in [3.8, 4) is 5.69 Å². The molecule has 0 bridgehead atoms. The van der Waals surface area contributed by atoms with Crippen LogP contribution in [-0.4, -0.2) is 63.3 Å². The molecule has 8 nitrogen and oxygen atoms in total. The van der Waals surface area contributed by atoms with Crippen molar-refractivity contribution in [1.82, 2.24) is 30.0 Å². The SMILES string of the molecule is CN1CCN(c2ncnc3nn(-c4ccc(Br)cc4)cc23)CC1C(=O)NCc1ccc(Br)cc1. The van der Waals surface area contributed by atoms with E-state index in [0.717, 1.165) is 44.5 Å². The first-order valence-corrected chi connectivity index (χ1v) is 12.5. The average Bonchev–Trinajstić information content (AvgIpc) is 3.29. The number of rotatable bonds is 5. The van der Waals surface area contributed by atoms with Crippen molar-refractivity contribution < 1.29 is 4.79 Å². The van der Waals surface area contributed by atoms with Crippen LogP contribution < -0.4 is 10.2 Å². The number of hydrogen-bond donors (Lipinski definition) is 1. The van der Waals surface area contributed by atoms with Crippen LogP contribution >= 0.6 is 31.9 Å². The molecule has 34 heavy (non-hydrogen) atoms. The maximum Gasteiger partial charge on any atom is 0.239 e. The number of benzene rings is 2. The summed E-state index contributed by atoms with van der Waals surface area (Å²) in [6.45, 7) is 2.55. The first-order chi connectivity index (χ1) is 16.5. The Morgan fingerprint density at radius 3 is 2.47 bits per heavy atom. The first kappa shape index (κ1) is 22.9. The molecule has 0 aliphatic carbocycles. The third-order valence-electron chi connectivity index (χ3n) is 6.02. The molecule has 1 saturated heterocycles. The molecule has 1 unspecified atom stereocenters. The Morgan fingerprint density at radius 2 is 1.74 bits per heavy atom. The van der Waals surface area contributed by atoms with E-state index in [1.165, 1.54) is 6.33 Å². The van der Waals surface area contributed by atoms with Crippen molar-refractivity contribution in [2.24, 2.45) is 0 Å². The van der Waals surface area contributed by atoms with Crippen LogP contribution in [0.2, 0.25) is 0 Å². The highest BCUT2D eigenvalue weighted by Gasteiger charge is 2.31. The summed E-state index contributed by atoms with van der Waals surface area (Å²) >= 11 is 6.91. The zero-order valence-corrected chi connectivity index (χ0v) is 21.7. The zero-order valence-electron chi connectivity index (χ0n) is 18.5. The van der Waals surface area contributed by atoms with Gasteiger partial charge in [0.25, 0.3) is 0 Å². The molecule has 1 atom stereocenters. The summed E-state index contributed by atoms with van der Waals surface area (Å²) < 4.78 is 3.84. The normalized spacial score (nSPS) is 16.7. The predicted octanol–water partition coefficient (Wildman–Crippen LogP) is 3.78. The number of piperazine rings is 1. The number of fused-ring (bicyclic) bond motifs is 1. The molecule has 4 aromatic rings. The highest BCUT2D eigenvalue weighted by molar-refractivity contribution is 9.10. The number of carbonyl (C=O) groups is 1. The third kappa shape index (κ3) is 4.84. The molecule has 1 fully saturated rings. The number of nitrogens with zero attached hydrogens (tertiary/aromatic N) is 6. The second-order valence-electron chi connectivity index (χ2n) is 8.27. The van der Waals surface area contributed by atoms with Crippen LogP contribution in [-0.2, 0) is 11.3 Å². The number of carbonyl (C=O) groups excluding carboxylic acids is 1. The molecule has 2 aromatic heterocycles. The van der Waals surface area contributed by atoms with Crippen LogP contribution in [0.3, 0.4) is 0 Å². The fourth-order valence-corrected chi connectivity index (χ4v) is 4.59. The molecule has 1 aliphatic heterocycles. The number of nitrogens with one attached hydrogen (secondary N) is 1. The van der Waals surface area contributed by atoms with Gasteiger partial charge in [-0.2, -0.15) is 0 Å². The predicted molar refractivity (Wildman–Crippen MR) is 139 cm³/mol. The summed E-state index contributed by atoms with van der Waals surface area (Å²) in [5.74, 6) is 0.804. The highest BCUT2D eigenvalue weighted by Crippen LogP contribution is 2.26. The van der Waals surface area contributed by atoms with Crippen LogP contribution in [0.1, 0.15) is 5.56 Å². The molecule has 1 aliphatic rings. The molecule has 1 N–H and O–H groups in total. The summed E-state index contributed by atoms with van der Waals surface area (Å²) in [5.41, 5.74) is 2.63. The maximum absolute atomic E-state index is 13.1. The van der Waals surface area contributed by atoms with Crippen LogP contribution in [0, 0.1) is 0 Å². The van der Waals surface area contributed by atoms with Gasteiger partial charge in [-0.1, -0.05) is 44.0 Å². The lowest BCUT2D eigenvalue weighted by atomic mass is 10.1. The van der Waals surface area contributed by atoms with Crippen molar-refractivity contribution in [2.75, 3.05) is 31.6 Å². The van der Waals surface area contributed by atoms with Gasteiger partial charge in [-0.25, -0.2) is 14.6 Å². The Balaban J connectivity index is 1.35. The number of amides is 1. The fraction of sp³-hybridized carbons (Fsp3) is 0.250. The average molecular weight is 585 g/mol. The Labute approximate surface area is 214 Å². The van der Waals surface area contributed by atoms with Crippen LogP contribution in [0.4, 0.5) is 5.82 Å². The number of hydrogen-bond acceptors (Lipinski definition) is 6. The second-order valence-corrected chi connectivity index (χ2v) is 10.1. The molecule has 1 amide bonds. The van der Waals surface area contributed by atoms with Gasteiger partial charge in [-0.05, 0) is 49.0 Å². The zero-order chi connectivity index (χ0) is 23.7. The van der Waals surface area contributed by atoms with Gasteiger partial charge in [0.15, 0.2) is 5.65 Å². The van der Waals surface area contributed by atoms with E-state index in [2.05, 4.69) is 62.0 Å². The van der Waals surface area contributed by atoms with E-state index in [0.29, 0.717) is 18.7 Å². The number of anilines is 1. The topological polar surface area (TPSA) is 79.2 Å². The van der Waals surface area contributed by atoms with Crippen LogP contribution in [0.5, 0.6) is 0 Å². The minimum atomic E-state index is -0.282. The Kier molecular flexibility index (Phi) is 6.62. The largest absolute Gasteiger partial charge is 0.353 e. The third-order valence-corrected chi connectivity index (χ3v) is 7.07. The van der Waals surface area contributed by atoms with Gasteiger partial charge < -0.3 is 10.2 Å². The second kappa shape index (κ2) is 9.81. The molecule has 10 heteroatoms. The molecule has 3 heterocycles. The number of likely N-dealkylation sites (N-methyl/N-ethyl adjacent to an activating group) is 1. The fourth-order valence-electron chi connectivity index (χ4n) is 4.06. The molecule has 174 valence electrons. The van der Waals surface area contributed by atoms with Crippen molar-refractivity contribution in [3.63, 3.8) is 0 Å². The molecule has 2 aromatic carbocycles. The minimum Gasteiger partial charge on any atom is -0.353 e. The molecule has 0 spiro atoms. The van der Waals surface area contributed by atoms with Gasteiger partial charge in [-0.3, -0.25) is 9.69 Å². The maximum atomic E-state index is 13.1. The van der Waals surface area contributed by atoms with Gasteiger partial charge in [0.2, 0.25) is 5.91 Å². The summed E-state index contributed by atoms with van der Waals surface area (Å²) in [4.78, 5) is 26.3. The van der Waals surface area contributed by atoms with E-state index in [1.54, 1.807) is 0 Å². The van der Waals surface area contributed by atoms with Gasteiger partial charge in [0.05, 0.1) is 11.1 Å². The van der Waals surface area contributed by atoms with Crippen LogP contribution in [0.25, 0.3) is 16.7 Å². The highest BCUT2D eigenvalue weighted by atomic mass is 79.9. The van der Waals surface area contributed by atoms with Crippen LogP contribution in [0.15, 0.2) is 70.0 Å². The van der Waals surface area contributed by atoms with Gasteiger partial charge in [0.1, 0.15) is 18.2 Å². The summed E-state index contributed by atoms with van der Waals surface area (Å²) in [5, 5.41) is 8.58. The number of aromatic nitrogens is 4. The monoisotopic (exact) mass is 583 g/mol. The summed E-state index contributed by atoms with van der Waals surface area (Å²) in [6, 6.07) is 15.6. The van der Waals surface area contributed by atoms with E-state index in [4.69, 9.17) is 0 Å². The lowest BCUT2D eigenvalue weighted by molar-refractivity contribution is -0.126. The molecule has 0 radical (unpaired) electrons. The first-order valence-electron chi connectivity index (χ1n) is 10.9. The number of halogens is 2. The van der Waals surface area contributed by atoms with E-state index in [1.807, 2.05) is 66.5 Å². The Hall–Kier alpha value is -2.82. The lowest BCUT2D eigenvalue weighted by Crippen LogP contribution is -2.57. The van der Waals surface area contributed by atoms with Crippen molar-refractivity contribution in [3.05, 3.63) is 75.6 Å². The summed E-state index contributed by atoms with van der Waals surface area (Å²) in [7, 11) is 1.99. The van der Waals surface area contributed by atoms with Gasteiger partial charge >= 0.3 is 0 Å². The minimum absolute atomic E-state index is 0.00553.